The lowest BCUT2D eigenvalue weighted by Crippen LogP contribution is -1.92. The SMILES string of the molecule is c1cc(-c2ccc3cc(-c4ccc5nc(-c6ccc(-c7ccc8ccc9cccnc9c8n7)c7ccccc67)ccc5c4)ccc3n2)c2cnccc2c1. The standard InChI is InChI=1S/C49H29N5/c1-2-8-38-37(7-1)40(17-18-41(38)47-21-12-32-11-10-31-6-4-25-51-48(31)49(32)54-47)46-23-16-36-28-34(14-20-44(36)53-46)33-13-19-43-35(27-33)15-22-45(52-43)39-9-3-5-30-24-26-50-29-42(30)39/h1-29H. The largest absolute Gasteiger partial charge is 0.264 e. The summed E-state index contributed by atoms with van der Waals surface area (Å²) in [7, 11) is 0. The van der Waals surface area contributed by atoms with Crippen molar-refractivity contribution in [2.75, 3.05) is 0 Å². The fourth-order valence-corrected chi connectivity index (χ4v) is 7.87. The molecule has 0 radical (unpaired) electrons. The molecule has 0 aliphatic rings. The van der Waals surface area contributed by atoms with Crippen molar-refractivity contribution in [2.24, 2.45) is 0 Å². The minimum atomic E-state index is 0.915. The van der Waals surface area contributed by atoms with Gasteiger partial charge in [0.15, 0.2) is 0 Å². The van der Waals surface area contributed by atoms with E-state index in [1.54, 1.807) is 0 Å². The van der Waals surface area contributed by atoms with Crippen molar-refractivity contribution in [3.63, 3.8) is 0 Å². The maximum absolute atomic E-state index is 5.18. The highest BCUT2D eigenvalue weighted by Gasteiger charge is 2.14. The number of benzene rings is 6. The molecule has 0 aliphatic carbocycles. The summed E-state index contributed by atoms with van der Waals surface area (Å²) in [6, 6.07) is 55.3. The third-order valence-electron chi connectivity index (χ3n) is 10.6. The van der Waals surface area contributed by atoms with Crippen LogP contribution in [0.4, 0.5) is 0 Å². The van der Waals surface area contributed by atoms with E-state index in [-0.39, 0.29) is 0 Å². The van der Waals surface area contributed by atoms with Crippen LogP contribution in [0.2, 0.25) is 0 Å². The van der Waals surface area contributed by atoms with Gasteiger partial charge < -0.3 is 0 Å². The van der Waals surface area contributed by atoms with Crippen LogP contribution in [0.1, 0.15) is 0 Å². The third kappa shape index (κ3) is 4.98. The topological polar surface area (TPSA) is 64.5 Å². The Morgan fingerprint density at radius 3 is 1.59 bits per heavy atom. The van der Waals surface area contributed by atoms with Crippen LogP contribution in [0.25, 0.3) is 110 Å². The van der Waals surface area contributed by atoms with Crippen LogP contribution in [-0.2, 0) is 0 Å². The highest BCUT2D eigenvalue weighted by molar-refractivity contribution is 6.07. The average molecular weight is 688 g/mol. The van der Waals surface area contributed by atoms with Gasteiger partial charge in [-0.3, -0.25) is 9.97 Å². The lowest BCUT2D eigenvalue weighted by molar-refractivity contribution is 1.35. The second-order valence-corrected chi connectivity index (χ2v) is 13.7. The van der Waals surface area contributed by atoms with Crippen LogP contribution in [-0.4, -0.2) is 24.9 Å². The molecule has 250 valence electrons. The molecule has 0 bridgehead atoms. The van der Waals surface area contributed by atoms with E-state index >= 15 is 0 Å². The van der Waals surface area contributed by atoms with Gasteiger partial charge >= 0.3 is 0 Å². The number of fused-ring (bicyclic) bond motifs is 7. The smallest absolute Gasteiger partial charge is 0.0972 e. The Hall–Kier alpha value is -7.37. The van der Waals surface area contributed by atoms with Gasteiger partial charge in [-0.05, 0) is 81.9 Å². The maximum Gasteiger partial charge on any atom is 0.0972 e. The first-order chi connectivity index (χ1) is 26.7. The van der Waals surface area contributed by atoms with Crippen molar-refractivity contribution in [3.8, 4) is 44.9 Å². The molecule has 11 rings (SSSR count). The predicted octanol–water partition coefficient (Wildman–Crippen LogP) is 12.2. The van der Waals surface area contributed by atoms with Crippen LogP contribution < -0.4 is 0 Å². The molecule has 6 aromatic carbocycles. The zero-order valence-electron chi connectivity index (χ0n) is 29.0. The van der Waals surface area contributed by atoms with Crippen molar-refractivity contribution in [1.29, 1.82) is 0 Å². The molecule has 5 heterocycles. The molecule has 5 nitrogen and oxygen atoms in total. The summed E-state index contributed by atoms with van der Waals surface area (Å²) in [4.78, 5) is 24.4. The van der Waals surface area contributed by atoms with Crippen LogP contribution in [0, 0.1) is 0 Å². The van der Waals surface area contributed by atoms with Crippen LogP contribution >= 0.6 is 0 Å². The molecule has 5 heteroatoms. The van der Waals surface area contributed by atoms with Gasteiger partial charge in [0.1, 0.15) is 0 Å². The lowest BCUT2D eigenvalue weighted by Gasteiger charge is -2.13. The van der Waals surface area contributed by atoms with Gasteiger partial charge in [-0.1, -0.05) is 103 Å². The van der Waals surface area contributed by atoms with Crippen molar-refractivity contribution in [1.82, 2.24) is 24.9 Å². The summed E-state index contributed by atoms with van der Waals surface area (Å²) >= 11 is 0. The van der Waals surface area contributed by atoms with E-state index in [4.69, 9.17) is 15.0 Å². The van der Waals surface area contributed by atoms with Gasteiger partial charge in [-0.15, -0.1) is 0 Å². The van der Waals surface area contributed by atoms with E-state index < -0.39 is 0 Å². The Morgan fingerprint density at radius 2 is 0.907 bits per heavy atom. The van der Waals surface area contributed by atoms with Crippen LogP contribution in [0.3, 0.4) is 0 Å². The van der Waals surface area contributed by atoms with Crippen molar-refractivity contribution >= 4 is 65.2 Å². The lowest BCUT2D eigenvalue weighted by atomic mass is 9.95. The van der Waals surface area contributed by atoms with Crippen molar-refractivity contribution in [3.05, 3.63) is 176 Å². The fourth-order valence-electron chi connectivity index (χ4n) is 7.87. The Balaban J connectivity index is 0.934. The molecule has 0 saturated carbocycles. The van der Waals surface area contributed by atoms with E-state index in [0.29, 0.717) is 0 Å². The van der Waals surface area contributed by atoms with Gasteiger partial charge in [-0.2, -0.15) is 0 Å². The number of hydrogen-bond donors (Lipinski definition) is 0. The first-order valence-electron chi connectivity index (χ1n) is 18.1. The third-order valence-corrected chi connectivity index (χ3v) is 10.6. The summed E-state index contributed by atoms with van der Waals surface area (Å²) in [5.41, 5.74) is 12.1. The molecule has 0 aliphatic heterocycles. The van der Waals surface area contributed by atoms with Gasteiger partial charge in [0.2, 0.25) is 0 Å². The molecular formula is C49H29N5. The molecule has 0 unspecified atom stereocenters. The minimum absolute atomic E-state index is 0.915. The van der Waals surface area contributed by atoms with Crippen LogP contribution in [0.15, 0.2) is 176 Å². The first-order valence-corrected chi connectivity index (χ1v) is 18.1. The average Bonchev–Trinajstić information content (AvgIpc) is 3.25. The Labute approximate surface area is 310 Å². The summed E-state index contributed by atoms with van der Waals surface area (Å²) in [5.74, 6) is 0. The molecule has 0 amide bonds. The van der Waals surface area contributed by atoms with Crippen LogP contribution in [0.5, 0.6) is 0 Å². The molecule has 0 spiro atoms. The molecule has 0 N–H and O–H groups in total. The summed E-state index contributed by atoms with van der Waals surface area (Å²) in [6.07, 6.45) is 5.58. The first kappa shape index (κ1) is 30.3. The van der Waals surface area contributed by atoms with E-state index in [9.17, 15) is 0 Å². The Morgan fingerprint density at radius 1 is 0.333 bits per heavy atom. The summed E-state index contributed by atoms with van der Waals surface area (Å²) < 4.78 is 0. The Bertz CT molecular complexity index is 3290. The molecule has 0 saturated heterocycles. The van der Waals surface area contributed by atoms with E-state index in [0.717, 1.165) is 110 Å². The molecule has 54 heavy (non-hydrogen) atoms. The summed E-state index contributed by atoms with van der Waals surface area (Å²) in [6.45, 7) is 0. The highest BCUT2D eigenvalue weighted by atomic mass is 14.8. The fraction of sp³-hybridized carbons (Fsp3) is 0. The molecule has 11 aromatic rings. The molecular weight excluding hydrogens is 659 g/mol. The number of rotatable bonds is 4. The van der Waals surface area contributed by atoms with Gasteiger partial charge in [-0.25, -0.2) is 15.0 Å². The number of hydrogen-bond acceptors (Lipinski definition) is 5. The maximum atomic E-state index is 5.18. The summed E-state index contributed by atoms with van der Waals surface area (Å²) in [5, 5.41) is 8.90. The van der Waals surface area contributed by atoms with Gasteiger partial charge in [0.25, 0.3) is 0 Å². The number of nitrogens with zero attached hydrogens (tertiary/aromatic N) is 5. The molecule has 0 fully saturated rings. The van der Waals surface area contributed by atoms with Crippen molar-refractivity contribution in [2.45, 2.75) is 0 Å². The number of pyridine rings is 5. The highest BCUT2D eigenvalue weighted by Crippen LogP contribution is 2.37. The van der Waals surface area contributed by atoms with Crippen molar-refractivity contribution < 1.29 is 0 Å². The quantitative estimate of drug-likeness (QED) is 0.172. The second kappa shape index (κ2) is 12.1. The van der Waals surface area contributed by atoms with E-state index in [2.05, 4.69) is 156 Å². The predicted molar refractivity (Wildman–Crippen MR) is 222 cm³/mol. The van der Waals surface area contributed by atoms with Gasteiger partial charge in [0, 0.05) is 62.2 Å². The molecule has 0 atom stereocenters. The zero-order valence-corrected chi connectivity index (χ0v) is 29.0. The molecule has 5 aromatic heterocycles. The number of aromatic nitrogens is 5. The monoisotopic (exact) mass is 687 g/mol. The zero-order chi connectivity index (χ0) is 35.6. The second-order valence-electron chi connectivity index (χ2n) is 13.7. The Kier molecular flexibility index (Phi) is 6.79. The van der Waals surface area contributed by atoms with Gasteiger partial charge in [0.05, 0.1) is 39.1 Å². The van der Waals surface area contributed by atoms with E-state index in [1.165, 1.54) is 0 Å². The van der Waals surface area contributed by atoms with E-state index in [1.807, 2.05) is 30.7 Å². The minimum Gasteiger partial charge on any atom is -0.264 e. The normalized spacial score (nSPS) is 11.7.